The molecule has 1 aromatic carbocycles. The zero-order chi connectivity index (χ0) is 14.7. The molecule has 0 radical (unpaired) electrons. The van der Waals surface area contributed by atoms with Crippen molar-refractivity contribution in [1.82, 2.24) is 10.3 Å². The zero-order valence-electron chi connectivity index (χ0n) is 11.7. The number of rotatable bonds is 3. The Morgan fingerprint density at radius 3 is 3.05 bits per heavy atom. The van der Waals surface area contributed by atoms with E-state index in [1.165, 1.54) is 7.11 Å². The van der Waals surface area contributed by atoms with Crippen molar-refractivity contribution in [2.24, 2.45) is 0 Å². The summed E-state index contributed by atoms with van der Waals surface area (Å²) in [5, 5.41) is 2.97. The molecule has 0 spiro atoms. The first-order chi connectivity index (χ1) is 10.3. The first-order valence-corrected chi connectivity index (χ1v) is 6.78. The average molecular weight is 284 g/mol. The van der Waals surface area contributed by atoms with Crippen molar-refractivity contribution in [2.45, 2.75) is 12.5 Å². The lowest BCUT2D eigenvalue weighted by molar-refractivity contribution is 0.0911. The van der Waals surface area contributed by atoms with E-state index in [9.17, 15) is 4.79 Å². The third kappa shape index (κ3) is 2.81. The van der Waals surface area contributed by atoms with Crippen molar-refractivity contribution < 1.29 is 14.3 Å². The molecule has 1 unspecified atom stereocenters. The summed E-state index contributed by atoms with van der Waals surface area (Å²) >= 11 is 0. The second-order valence-corrected chi connectivity index (χ2v) is 4.85. The van der Waals surface area contributed by atoms with Crippen LogP contribution in [0.4, 0.5) is 0 Å². The molecule has 0 aliphatic carbocycles. The Hall–Kier alpha value is -2.56. The van der Waals surface area contributed by atoms with E-state index in [0.717, 1.165) is 17.7 Å². The second-order valence-electron chi connectivity index (χ2n) is 4.85. The van der Waals surface area contributed by atoms with Gasteiger partial charge >= 0.3 is 0 Å². The number of fused-ring (bicyclic) bond motifs is 1. The van der Waals surface area contributed by atoms with Crippen LogP contribution in [0.1, 0.15) is 15.9 Å². The highest BCUT2D eigenvalue weighted by atomic mass is 16.5. The summed E-state index contributed by atoms with van der Waals surface area (Å²) in [6.45, 7) is 0.464. The molecule has 0 bridgehead atoms. The number of amides is 1. The van der Waals surface area contributed by atoms with E-state index in [0.29, 0.717) is 18.1 Å². The standard InChI is InChI=1S/C16H16N2O3/c1-20-16-13(6-4-8-17-16)15(19)18-12-9-11-5-2-3-7-14(11)21-10-12/h2-8,12H,9-10H2,1H3,(H,18,19). The molecule has 1 atom stereocenters. The lowest BCUT2D eigenvalue weighted by Crippen LogP contribution is -2.42. The largest absolute Gasteiger partial charge is 0.491 e. The fourth-order valence-electron chi connectivity index (χ4n) is 2.41. The Morgan fingerprint density at radius 2 is 2.19 bits per heavy atom. The highest BCUT2D eigenvalue weighted by Gasteiger charge is 2.23. The predicted octanol–water partition coefficient (Wildman–Crippen LogP) is 1.82. The summed E-state index contributed by atoms with van der Waals surface area (Å²) < 4.78 is 10.8. The van der Waals surface area contributed by atoms with Gasteiger partial charge in [-0.05, 0) is 30.2 Å². The van der Waals surface area contributed by atoms with Gasteiger partial charge in [0.1, 0.15) is 17.9 Å². The molecular formula is C16H16N2O3. The zero-order valence-corrected chi connectivity index (χ0v) is 11.7. The van der Waals surface area contributed by atoms with Crippen LogP contribution in [0.3, 0.4) is 0 Å². The van der Waals surface area contributed by atoms with Gasteiger partial charge in [0.15, 0.2) is 0 Å². The number of carbonyl (C=O) groups excluding carboxylic acids is 1. The molecule has 1 aromatic heterocycles. The molecule has 3 rings (SSSR count). The summed E-state index contributed by atoms with van der Waals surface area (Å²) in [4.78, 5) is 16.4. The molecule has 0 fully saturated rings. The van der Waals surface area contributed by atoms with Gasteiger partial charge in [0.2, 0.25) is 5.88 Å². The Morgan fingerprint density at radius 1 is 1.33 bits per heavy atom. The third-order valence-corrected chi connectivity index (χ3v) is 3.42. The molecule has 1 amide bonds. The lowest BCUT2D eigenvalue weighted by atomic mass is 10.0. The summed E-state index contributed by atoms with van der Waals surface area (Å²) in [6.07, 6.45) is 2.35. The van der Waals surface area contributed by atoms with Crippen molar-refractivity contribution >= 4 is 5.91 Å². The number of aromatic nitrogens is 1. The van der Waals surface area contributed by atoms with E-state index in [1.54, 1.807) is 18.3 Å². The quantitative estimate of drug-likeness (QED) is 0.934. The Bertz CT molecular complexity index is 657. The third-order valence-electron chi connectivity index (χ3n) is 3.42. The summed E-state index contributed by atoms with van der Waals surface area (Å²) in [6, 6.07) is 11.2. The maximum Gasteiger partial charge on any atom is 0.257 e. The average Bonchev–Trinajstić information content (AvgIpc) is 2.54. The van der Waals surface area contributed by atoms with E-state index >= 15 is 0 Å². The van der Waals surface area contributed by atoms with Crippen LogP contribution in [0, 0.1) is 0 Å². The van der Waals surface area contributed by atoms with Gasteiger partial charge in [-0.2, -0.15) is 0 Å². The molecule has 0 saturated heterocycles. The Balaban J connectivity index is 1.72. The summed E-state index contributed by atoms with van der Waals surface area (Å²) in [5.41, 5.74) is 1.53. The number of carbonyl (C=O) groups is 1. The molecule has 1 aliphatic heterocycles. The first-order valence-electron chi connectivity index (χ1n) is 6.78. The van der Waals surface area contributed by atoms with Gasteiger partial charge in [-0.1, -0.05) is 18.2 Å². The molecule has 2 aromatic rings. The molecule has 5 heteroatoms. The van der Waals surface area contributed by atoms with Crippen molar-refractivity contribution in [3.63, 3.8) is 0 Å². The van der Waals surface area contributed by atoms with Gasteiger partial charge in [-0.25, -0.2) is 4.98 Å². The van der Waals surface area contributed by atoms with Crippen molar-refractivity contribution in [1.29, 1.82) is 0 Å². The van der Waals surface area contributed by atoms with Crippen LogP contribution in [-0.4, -0.2) is 30.6 Å². The monoisotopic (exact) mass is 284 g/mol. The number of para-hydroxylation sites is 1. The molecule has 0 saturated carbocycles. The molecule has 2 heterocycles. The summed E-state index contributed by atoms with van der Waals surface area (Å²) in [7, 11) is 1.50. The number of ether oxygens (including phenoxy) is 2. The van der Waals surface area contributed by atoms with Gasteiger partial charge in [0, 0.05) is 6.20 Å². The van der Waals surface area contributed by atoms with E-state index in [1.807, 2.05) is 24.3 Å². The van der Waals surface area contributed by atoms with Crippen molar-refractivity contribution in [3.05, 3.63) is 53.7 Å². The SMILES string of the molecule is COc1ncccc1C(=O)NC1COc2ccccc2C1. The molecule has 1 aliphatic rings. The van der Waals surface area contributed by atoms with Gasteiger partial charge in [0.25, 0.3) is 5.91 Å². The molecule has 5 nitrogen and oxygen atoms in total. The highest BCUT2D eigenvalue weighted by molar-refractivity contribution is 5.96. The number of pyridine rings is 1. The number of nitrogens with one attached hydrogen (secondary N) is 1. The van der Waals surface area contributed by atoms with Crippen LogP contribution in [0.15, 0.2) is 42.6 Å². The lowest BCUT2D eigenvalue weighted by Gasteiger charge is -2.26. The van der Waals surface area contributed by atoms with Gasteiger partial charge in [-0.15, -0.1) is 0 Å². The van der Waals surface area contributed by atoms with E-state index in [2.05, 4.69) is 10.3 Å². The number of nitrogens with zero attached hydrogens (tertiary/aromatic N) is 1. The molecule has 21 heavy (non-hydrogen) atoms. The number of methoxy groups -OCH3 is 1. The van der Waals surface area contributed by atoms with Crippen LogP contribution in [-0.2, 0) is 6.42 Å². The molecule has 108 valence electrons. The fourth-order valence-corrected chi connectivity index (χ4v) is 2.41. The number of benzene rings is 1. The van der Waals surface area contributed by atoms with Crippen LogP contribution < -0.4 is 14.8 Å². The van der Waals surface area contributed by atoms with E-state index in [4.69, 9.17) is 9.47 Å². The van der Waals surface area contributed by atoms with Crippen LogP contribution >= 0.6 is 0 Å². The van der Waals surface area contributed by atoms with Crippen molar-refractivity contribution in [2.75, 3.05) is 13.7 Å². The van der Waals surface area contributed by atoms with E-state index < -0.39 is 0 Å². The molecule has 1 N–H and O–H groups in total. The first kappa shape index (κ1) is 13.4. The van der Waals surface area contributed by atoms with Crippen LogP contribution in [0.2, 0.25) is 0 Å². The highest BCUT2D eigenvalue weighted by Crippen LogP contribution is 2.24. The molecular weight excluding hydrogens is 268 g/mol. The fraction of sp³-hybridized carbons (Fsp3) is 0.250. The van der Waals surface area contributed by atoms with Gasteiger partial charge in [0.05, 0.1) is 13.2 Å². The summed E-state index contributed by atoms with van der Waals surface area (Å²) in [5.74, 6) is 1.02. The normalized spacial score (nSPS) is 16.5. The Kier molecular flexibility index (Phi) is 3.73. The number of hydrogen-bond acceptors (Lipinski definition) is 4. The van der Waals surface area contributed by atoms with E-state index in [-0.39, 0.29) is 11.9 Å². The minimum Gasteiger partial charge on any atom is -0.491 e. The Labute approximate surface area is 122 Å². The maximum atomic E-state index is 12.3. The van der Waals surface area contributed by atoms with Crippen LogP contribution in [0.5, 0.6) is 11.6 Å². The van der Waals surface area contributed by atoms with Crippen molar-refractivity contribution in [3.8, 4) is 11.6 Å². The van der Waals surface area contributed by atoms with Crippen LogP contribution in [0.25, 0.3) is 0 Å². The van der Waals surface area contributed by atoms with Gasteiger partial charge < -0.3 is 14.8 Å². The predicted molar refractivity (Wildman–Crippen MR) is 77.7 cm³/mol. The topological polar surface area (TPSA) is 60.5 Å². The second kappa shape index (κ2) is 5.83. The minimum absolute atomic E-state index is 0.0580. The van der Waals surface area contributed by atoms with Gasteiger partial charge in [-0.3, -0.25) is 4.79 Å². The minimum atomic E-state index is -0.201. The maximum absolute atomic E-state index is 12.3. The smallest absolute Gasteiger partial charge is 0.257 e. The number of hydrogen-bond donors (Lipinski definition) is 1.